The molecule has 1 atom stereocenters. The Labute approximate surface area is 130 Å². The average molecular weight is 335 g/mol. The van der Waals surface area contributed by atoms with Gasteiger partial charge in [0.25, 0.3) is 0 Å². The third kappa shape index (κ3) is 4.01. The second kappa shape index (κ2) is 7.00. The zero-order chi connectivity index (χ0) is 16.2. The van der Waals surface area contributed by atoms with E-state index < -0.39 is 16.1 Å². The molecule has 0 aliphatic carbocycles. The van der Waals surface area contributed by atoms with Gasteiger partial charge in [0, 0.05) is 7.05 Å². The van der Waals surface area contributed by atoms with Gasteiger partial charge >= 0.3 is 0 Å². The van der Waals surface area contributed by atoms with Gasteiger partial charge in [0.15, 0.2) is 0 Å². The fraction of sp³-hybridized carbons (Fsp3) is 0.462. The molecule has 6 nitrogen and oxygen atoms in total. The van der Waals surface area contributed by atoms with Gasteiger partial charge < -0.3 is 10.1 Å². The Morgan fingerprint density at radius 1 is 1.48 bits per heavy atom. The summed E-state index contributed by atoms with van der Waals surface area (Å²) in [6.45, 7) is 1.74. The molecule has 0 aromatic heterocycles. The van der Waals surface area contributed by atoms with Crippen LogP contribution in [0.3, 0.4) is 0 Å². The molecular formula is C13H19ClN2O4S. The van der Waals surface area contributed by atoms with Gasteiger partial charge in [-0.05, 0) is 24.6 Å². The summed E-state index contributed by atoms with van der Waals surface area (Å²) in [4.78, 5) is 11.9. The first-order chi connectivity index (χ1) is 9.76. The van der Waals surface area contributed by atoms with Crippen LogP contribution in [-0.2, 0) is 14.8 Å². The highest BCUT2D eigenvalue weighted by molar-refractivity contribution is 7.92. The van der Waals surface area contributed by atoms with E-state index in [1.165, 1.54) is 20.2 Å². The second-order valence-corrected chi connectivity index (χ2v) is 6.68. The smallest absolute Gasteiger partial charge is 0.243 e. The predicted molar refractivity (Wildman–Crippen MR) is 83.5 cm³/mol. The summed E-state index contributed by atoms with van der Waals surface area (Å²) in [5.74, 6) is 0.0525. The molecule has 0 radical (unpaired) electrons. The first-order valence-electron chi connectivity index (χ1n) is 6.30. The summed E-state index contributed by atoms with van der Waals surface area (Å²) in [5, 5.41) is 2.75. The van der Waals surface area contributed by atoms with Crippen molar-refractivity contribution in [3.05, 3.63) is 23.2 Å². The van der Waals surface area contributed by atoms with Crippen LogP contribution in [0.5, 0.6) is 5.75 Å². The van der Waals surface area contributed by atoms with E-state index in [0.29, 0.717) is 17.9 Å². The molecule has 1 amide bonds. The Hall–Kier alpha value is -1.47. The maximum absolute atomic E-state index is 12.1. The van der Waals surface area contributed by atoms with E-state index in [9.17, 15) is 13.2 Å². The number of methoxy groups -OCH3 is 1. The summed E-state index contributed by atoms with van der Waals surface area (Å²) in [6, 6.07) is 3.74. The molecular weight excluding hydrogens is 316 g/mol. The van der Waals surface area contributed by atoms with Crippen molar-refractivity contribution in [1.82, 2.24) is 5.32 Å². The Bertz CT molecular complexity index is 619. The monoisotopic (exact) mass is 334 g/mol. The number of amides is 1. The van der Waals surface area contributed by atoms with Crippen molar-refractivity contribution in [3.63, 3.8) is 0 Å². The average Bonchev–Trinajstić information content (AvgIpc) is 2.42. The first-order valence-corrected chi connectivity index (χ1v) is 8.53. The SMILES string of the molecule is CC[C@H](C(=O)NC)N(c1ccc(OC)c(Cl)c1)S(C)(=O)=O. The number of likely N-dealkylation sites (N-methyl/N-ethyl adjacent to an activating group) is 1. The van der Waals surface area contributed by atoms with Crippen LogP contribution in [0.15, 0.2) is 18.2 Å². The van der Waals surface area contributed by atoms with E-state index in [1.807, 2.05) is 0 Å². The highest BCUT2D eigenvalue weighted by Gasteiger charge is 2.31. The van der Waals surface area contributed by atoms with Crippen LogP contribution < -0.4 is 14.4 Å². The number of hydrogen-bond acceptors (Lipinski definition) is 4. The van der Waals surface area contributed by atoms with Gasteiger partial charge in [-0.2, -0.15) is 0 Å². The molecule has 21 heavy (non-hydrogen) atoms. The standard InChI is InChI=1S/C13H19ClN2O4S/c1-5-11(13(17)15-2)16(21(4,18)19)9-6-7-12(20-3)10(14)8-9/h6-8,11H,5H2,1-4H3,(H,15,17)/t11-/m1/s1. The minimum atomic E-state index is -3.65. The van der Waals surface area contributed by atoms with Crippen molar-refractivity contribution >= 4 is 33.2 Å². The number of rotatable bonds is 6. The van der Waals surface area contributed by atoms with Crippen molar-refractivity contribution in [2.24, 2.45) is 0 Å². The molecule has 0 heterocycles. The van der Waals surface area contributed by atoms with Crippen molar-refractivity contribution in [1.29, 1.82) is 0 Å². The number of benzene rings is 1. The zero-order valence-corrected chi connectivity index (χ0v) is 14.0. The molecule has 0 saturated heterocycles. The lowest BCUT2D eigenvalue weighted by molar-refractivity contribution is -0.121. The molecule has 0 unspecified atom stereocenters. The molecule has 118 valence electrons. The van der Waals surface area contributed by atoms with Gasteiger partial charge in [-0.1, -0.05) is 18.5 Å². The number of hydrogen-bond donors (Lipinski definition) is 1. The number of nitrogens with zero attached hydrogens (tertiary/aromatic N) is 1. The van der Waals surface area contributed by atoms with Gasteiger partial charge in [0.05, 0.1) is 24.1 Å². The van der Waals surface area contributed by atoms with E-state index in [4.69, 9.17) is 16.3 Å². The molecule has 1 N–H and O–H groups in total. The second-order valence-electron chi connectivity index (χ2n) is 4.42. The van der Waals surface area contributed by atoms with Crippen molar-refractivity contribution in [2.45, 2.75) is 19.4 Å². The maximum Gasteiger partial charge on any atom is 0.243 e. The van der Waals surface area contributed by atoms with E-state index in [-0.39, 0.29) is 10.9 Å². The molecule has 0 spiro atoms. The molecule has 0 fully saturated rings. The molecule has 1 aromatic carbocycles. The lowest BCUT2D eigenvalue weighted by Gasteiger charge is -2.29. The molecule has 0 aliphatic heterocycles. The summed E-state index contributed by atoms with van der Waals surface area (Å²) in [6.07, 6.45) is 1.38. The number of ether oxygens (including phenoxy) is 1. The molecule has 8 heteroatoms. The fourth-order valence-corrected chi connectivity index (χ4v) is 3.47. The van der Waals surface area contributed by atoms with Crippen LogP contribution in [0.4, 0.5) is 5.69 Å². The minimum absolute atomic E-state index is 0.274. The number of sulfonamides is 1. The van der Waals surface area contributed by atoms with Crippen LogP contribution in [-0.4, -0.2) is 40.8 Å². The summed E-state index contributed by atoms with van der Waals surface area (Å²) in [5.41, 5.74) is 0.318. The maximum atomic E-state index is 12.1. The van der Waals surface area contributed by atoms with E-state index in [1.54, 1.807) is 19.1 Å². The van der Waals surface area contributed by atoms with Crippen molar-refractivity contribution in [3.8, 4) is 5.75 Å². The topological polar surface area (TPSA) is 75.7 Å². The zero-order valence-electron chi connectivity index (χ0n) is 12.4. The number of carbonyl (C=O) groups is 1. The van der Waals surface area contributed by atoms with Gasteiger partial charge in [-0.25, -0.2) is 8.42 Å². The number of anilines is 1. The predicted octanol–water partition coefficient (Wildman–Crippen LogP) is 1.64. The Kier molecular flexibility index (Phi) is 5.86. The molecule has 0 aliphatic rings. The molecule has 1 rings (SSSR count). The van der Waals surface area contributed by atoms with Crippen LogP contribution in [0.1, 0.15) is 13.3 Å². The van der Waals surface area contributed by atoms with Crippen molar-refractivity contribution in [2.75, 3.05) is 24.7 Å². The van der Waals surface area contributed by atoms with Gasteiger partial charge in [-0.15, -0.1) is 0 Å². The molecule has 0 bridgehead atoms. The van der Waals surface area contributed by atoms with E-state index >= 15 is 0 Å². The van der Waals surface area contributed by atoms with Crippen LogP contribution in [0.2, 0.25) is 5.02 Å². The van der Waals surface area contributed by atoms with Crippen molar-refractivity contribution < 1.29 is 17.9 Å². The van der Waals surface area contributed by atoms with Crippen LogP contribution >= 0.6 is 11.6 Å². The summed E-state index contributed by atoms with van der Waals surface area (Å²) < 4.78 is 30.3. The van der Waals surface area contributed by atoms with Crippen LogP contribution in [0, 0.1) is 0 Å². The lowest BCUT2D eigenvalue weighted by Crippen LogP contribution is -2.48. The number of halogens is 1. The summed E-state index contributed by atoms with van der Waals surface area (Å²) in [7, 11) is -0.716. The molecule has 1 aromatic rings. The highest BCUT2D eigenvalue weighted by atomic mass is 35.5. The number of carbonyl (C=O) groups excluding carboxylic acids is 1. The fourth-order valence-electron chi connectivity index (χ4n) is 2.02. The number of nitrogens with one attached hydrogen (secondary N) is 1. The van der Waals surface area contributed by atoms with Gasteiger partial charge in [-0.3, -0.25) is 9.10 Å². The molecule has 0 saturated carbocycles. The third-order valence-corrected chi connectivity index (χ3v) is 4.44. The normalized spacial score (nSPS) is 12.6. The van der Waals surface area contributed by atoms with E-state index in [2.05, 4.69) is 5.32 Å². The third-order valence-electron chi connectivity index (χ3n) is 2.97. The largest absolute Gasteiger partial charge is 0.495 e. The first kappa shape index (κ1) is 17.6. The van der Waals surface area contributed by atoms with Crippen LogP contribution in [0.25, 0.3) is 0 Å². The van der Waals surface area contributed by atoms with E-state index in [0.717, 1.165) is 10.6 Å². The quantitative estimate of drug-likeness (QED) is 0.858. The Morgan fingerprint density at radius 3 is 2.48 bits per heavy atom. The van der Waals surface area contributed by atoms with Gasteiger partial charge in [0.1, 0.15) is 11.8 Å². The Morgan fingerprint density at radius 2 is 2.10 bits per heavy atom. The minimum Gasteiger partial charge on any atom is -0.495 e. The van der Waals surface area contributed by atoms with Gasteiger partial charge in [0.2, 0.25) is 15.9 Å². The lowest BCUT2D eigenvalue weighted by atomic mass is 10.2. The Balaban J connectivity index is 3.39. The highest BCUT2D eigenvalue weighted by Crippen LogP contribution is 2.31. The summed E-state index contributed by atoms with van der Waals surface area (Å²) >= 11 is 6.04.